The van der Waals surface area contributed by atoms with Crippen LogP contribution in [0.5, 0.6) is 0 Å². The summed E-state index contributed by atoms with van der Waals surface area (Å²) in [6, 6.07) is 6.19. The van der Waals surface area contributed by atoms with Gasteiger partial charge in [-0.25, -0.2) is 4.79 Å². The summed E-state index contributed by atoms with van der Waals surface area (Å²) in [4.78, 5) is 33.7. The van der Waals surface area contributed by atoms with Gasteiger partial charge in [-0.3, -0.25) is 19.5 Å². The molecule has 10 heteroatoms. The number of thioether (sulfide) groups is 1. The first-order valence-corrected chi connectivity index (χ1v) is 7.80. The van der Waals surface area contributed by atoms with Crippen molar-refractivity contribution < 1.29 is 14.4 Å². The summed E-state index contributed by atoms with van der Waals surface area (Å²) >= 11 is 1.12. The highest BCUT2D eigenvalue weighted by Gasteiger charge is 2.19. The smallest absolute Gasteiger partial charge is 0.318 e. The first kappa shape index (κ1) is 17.5. The van der Waals surface area contributed by atoms with Gasteiger partial charge in [0.25, 0.3) is 0 Å². The number of benzene rings is 1. The van der Waals surface area contributed by atoms with Gasteiger partial charge in [0.05, 0.1) is 10.9 Å². The third-order valence-corrected chi connectivity index (χ3v) is 3.92. The molecule has 4 N–H and O–H groups in total. The molecule has 0 aliphatic heterocycles. The van der Waals surface area contributed by atoms with Crippen LogP contribution in [0.3, 0.4) is 0 Å². The first-order valence-electron chi connectivity index (χ1n) is 6.92. The van der Waals surface area contributed by atoms with Gasteiger partial charge in [0, 0.05) is 12.6 Å². The molecule has 4 amide bonds. The number of nitrogens with two attached hydrogens (primary N) is 1. The van der Waals surface area contributed by atoms with E-state index in [4.69, 9.17) is 5.73 Å². The van der Waals surface area contributed by atoms with Gasteiger partial charge in [-0.05, 0) is 25.1 Å². The van der Waals surface area contributed by atoms with Crippen LogP contribution in [0.15, 0.2) is 35.7 Å². The van der Waals surface area contributed by atoms with Gasteiger partial charge >= 0.3 is 6.03 Å². The lowest BCUT2D eigenvalue weighted by Crippen LogP contribution is -2.39. The number of anilines is 1. The summed E-state index contributed by atoms with van der Waals surface area (Å²) in [7, 11) is 0. The minimum Gasteiger partial charge on any atom is -0.351 e. The number of hydrogen-bond donors (Lipinski definition) is 3. The van der Waals surface area contributed by atoms with Crippen LogP contribution in [0.2, 0.25) is 0 Å². The lowest BCUT2D eigenvalue weighted by atomic mass is 10.2. The molecule has 0 fully saturated rings. The predicted molar refractivity (Wildman–Crippen MR) is 88.7 cm³/mol. The second-order valence-electron chi connectivity index (χ2n) is 4.83. The van der Waals surface area contributed by atoms with Crippen LogP contribution in [0, 0.1) is 0 Å². The second-order valence-corrected chi connectivity index (χ2v) is 6.14. The highest BCUT2D eigenvalue weighted by molar-refractivity contribution is 8.00. The Balaban J connectivity index is 2.20. The monoisotopic (exact) mass is 348 g/mol. The molecule has 2 aromatic rings. The number of amides is 4. The molecule has 1 aromatic heterocycles. The number of nitrogens with zero attached hydrogens (tertiary/aromatic N) is 3. The van der Waals surface area contributed by atoms with E-state index < -0.39 is 17.2 Å². The van der Waals surface area contributed by atoms with Crippen LogP contribution in [0.25, 0.3) is 5.69 Å². The number of aromatic nitrogens is 3. The van der Waals surface area contributed by atoms with E-state index in [0.29, 0.717) is 10.8 Å². The standard InChI is InChI=1S/C14H16N6O3S/c1-8(12(22)18-13(15)23)24-14-19-16-7-20(14)11-5-3-4-10(6-11)17-9(2)21/h3-8H,1-2H3,(H,17,21)(H3,15,18,22,23). The Morgan fingerprint density at radius 3 is 2.75 bits per heavy atom. The number of rotatable bonds is 5. The largest absolute Gasteiger partial charge is 0.351 e. The predicted octanol–water partition coefficient (Wildman–Crippen LogP) is 0.901. The quantitative estimate of drug-likeness (QED) is 0.688. The summed E-state index contributed by atoms with van der Waals surface area (Å²) in [6.45, 7) is 3.04. The molecule has 0 saturated carbocycles. The van der Waals surface area contributed by atoms with Gasteiger partial charge in [0.1, 0.15) is 6.33 Å². The van der Waals surface area contributed by atoms with Crippen molar-refractivity contribution in [3.8, 4) is 5.69 Å². The van der Waals surface area contributed by atoms with E-state index in [1.54, 1.807) is 29.7 Å². The van der Waals surface area contributed by atoms with E-state index in [0.717, 1.165) is 17.4 Å². The van der Waals surface area contributed by atoms with Crippen molar-refractivity contribution >= 4 is 35.3 Å². The number of hydrogen-bond acceptors (Lipinski definition) is 6. The average molecular weight is 348 g/mol. The maximum atomic E-state index is 11.8. The van der Waals surface area contributed by atoms with Crippen LogP contribution in [0.1, 0.15) is 13.8 Å². The molecule has 1 heterocycles. The van der Waals surface area contributed by atoms with Gasteiger partial charge in [-0.1, -0.05) is 17.8 Å². The van der Waals surface area contributed by atoms with E-state index in [1.807, 2.05) is 11.4 Å². The first-order chi connectivity index (χ1) is 11.4. The Morgan fingerprint density at radius 2 is 2.08 bits per heavy atom. The summed E-state index contributed by atoms with van der Waals surface area (Å²) in [5.74, 6) is -0.698. The highest BCUT2D eigenvalue weighted by atomic mass is 32.2. The molecule has 2 rings (SSSR count). The van der Waals surface area contributed by atoms with E-state index in [1.165, 1.54) is 13.3 Å². The van der Waals surface area contributed by atoms with Crippen LogP contribution < -0.4 is 16.4 Å². The van der Waals surface area contributed by atoms with E-state index in [2.05, 4.69) is 15.5 Å². The number of primary amides is 1. The fourth-order valence-corrected chi connectivity index (χ4v) is 2.70. The van der Waals surface area contributed by atoms with Crippen LogP contribution >= 0.6 is 11.8 Å². The number of carbonyl (C=O) groups excluding carboxylic acids is 3. The van der Waals surface area contributed by atoms with Crippen molar-refractivity contribution in [1.29, 1.82) is 0 Å². The lowest BCUT2D eigenvalue weighted by Gasteiger charge is -2.11. The fourth-order valence-electron chi connectivity index (χ4n) is 1.85. The van der Waals surface area contributed by atoms with Gasteiger partial charge in [-0.2, -0.15) is 0 Å². The van der Waals surface area contributed by atoms with Crippen molar-refractivity contribution in [3.63, 3.8) is 0 Å². The van der Waals surface area contributed by atoms with Crippen molar-refractivity contribution in [2.75, 3.05) is 5.32 Å². The number of carbonyl (C=O) groups is 3. The molecule has 0 spiro atoms. The lowest BCUT2D eigenvalue weighted by molar-refractivity contribution is -0.119. The SMILES string of the molecule is CC(=O)Nc1cccc(-n2cnnc2SC(C)C(=O)NC(N)=O)c1. The second kappa shape index (κ2) is 7.59. The molecule has 0 saturated heterocycles. The summed E-state index contributed by atoms with van der Waals surface area (Å²) in [5, 5.41) is 12.4. The minimum absolute atomic E-state index is 0.178. The molecule has 1 unspecified atom stereocenters. The van der Waals surface area contributed by atoms with E-state index >= 15 is 0 Å². The zero-order chi connectivity index (χ0) is 17.7. The Kier molecular flexibility index (Phi) is 5.53. The normalized spacial score (nSPS) is 11.6. The molecule has 0 bridgehead atoms. The minimum atomic E-state index is -0.906. The number of nitrogens with one attached hydrogen (secondary N) is 2. The molecule has 1 aromatic carbocycles. The Morgan fingerprint density at radius 1 is 1.33 bits per heavy atom. The van der Waals surface area contributed by atoms with Gasteiger partial charge in [0.2, 0.25) is 11.8 Å². The van der Waals surface area contributed by atoms with Gasteiger partial charge < -0.3 is 11.1 Å². The van der Waals surface area contributed by atoms with Crippen molar-refractivity contribution in [3.05, 3.63) is 30.6 Å². The molecular weight excluding hydrogens is 332 g/mol. The molecule has 0 radical (unpaired) electrons. The molecule has 24 heavy (non-hydrogen) atoms. The summed E-state index contributed by atoms with van der Waals surface area (Å²) in [5.41, 5.74) is 6.28. The molecule has 126 valence electrons. The Bertz CT molecular complexity index is 775. The third kappa shape index (κ3) is 4.56. The molecule has 0 aliphatic carbocycles. The molecule has 1 atom stereocenters. The number of urea groups is 1. The van der Waals surface area contributed by atoms with Crippen LogP contribution in [-0.4, -0.2) is 37.9 Å². The number of imide groups is 1. The maximum absolute atomic E-state index is 11.8. The van der Waals surface area contributed by atoms with Crippen LogP contribution in [-0.2, 0) is 9.59 Å². The molecular formula is C14H16N6O3S. The maximum Gasteiger partial charge on any atom is 0.318 e. The van der Waals surface area contributed by atoms with Gasteiger partial charge in [0.15, 0.2) is 5.16 Å². The van der Waals surface area contributed by atoms with E-state index in [-0.39, 0.29) is 5.91 Å². The Labute approximate surface area is 142 Å². The summed E-state index contributed by atoms with van der Waals surface area (Å²) in [6.07, 6.45) is 1.49. The highest BCUT2D eigenvalue weighted by Crippen LogP contribution is 2.25. The molecule has 0 aliphatic rings. The van der Waals surface area contributed by atoms with Gasteiger partial charge in [-0.15, -0.1) is 10.2 Å². The fraction of sp³-hybridized carbons (Fsp3) is 0.214. The van der Waals surface area contributed by atoms with Crippen LogP contribution in [0.4, 0.5) is 10.5 Å². The van der Waals surface area contributed by atoms with E-state index in [9.17, 15) is 14.4 Å². The topological polar surface area (TPSA) is 132 Å². The van der Waals surface area contributed by atoms with Crippen molar-refractivity contribution in [1.82, 2.24) is 20.1 Å². The summed E-state index contributed by atoms with van der Waals surface area (Å²) < 4.78 is 1.67. The third-order valence-electron chi connectivity index (χ3n) is 2.86. The zero-order valence-corrected chi connectivity index (χ0v) is 13.8. The Hall–Kier alpha value is -2.88. The van der Waals surface area contributed by atoms with Crippen molar-refractivity contribution in [2.45, 2.75) is 24.3 Å². The average Bonchev–Trinajstić information content (AvgIpc) is 2.94. The van der Waals surface area contributed by atoms with Crippen molar-refractivity contribution in [2.24, 2.45) is 5.73 Å². The zero-order valence-electron chi connectivity index (χ0n) is 13.0. The molecule has 9 nitrogen and oxygen atoms in total.